The first kappa shape index (κ1) is 18.2. The summed E-state index contributed by atoms with van der Waals surface area (Å²) in [6.07, 6.45) is -4.97. The summed E-state index contributed by atoms with van der Waals surface area (Å²) in [5.41, 5.74) is -0.274. The van der Waals surface area contributed by atoms with Gasteiger partial charge in [0.2, 0.25) is 0 Å². The fourth-order valence-electron chi connectivity index (χ4n) is 2.65. The summed E-state index contributed by atoms with van der Waals surface area (Å²) < 4.78 is 43.8. The maximum absolute atomic E-state index is 12.8. The lowest BCUT2D eigenvalue weighted by Gasteiger charge is -2.27. The van der Waals surface area contributed by atoms with Crippen molar-refractivity contribution in [2.45, 2.75) is 32.2 Å². The number of para-hydroxylation sites is 1. The van der Waals surface area contributed by atoms with Crippen LogP contribution in [0.4, 0.5) is 18.9 Å². The van der Waals surface area contributed by atoms with E-state index >= 15 is 0 Å². The molecule has 24 heavy (non-hydrogen) atoms. The molecule has 0 radical (unpaired) electrons. The number of alkyl halides is 3. The summed E-state index contributed by atoms with van der Waals surface area (Å²) >= 11 is 0. The van der Waals surface area contributed by atoms with Gasteiger partial charge in [-0.15, -0.1) is 0 Å². The molecule has 1 fully saturated rings. The van der Waals surface area contributed by atoms with E-state index in [4.69, 9.17) is 4.74 Å². The van der Waals surface area contributed by atoms with Gasteiger partial charge in [-0.1, -0.05) is 25.1 Å². The second kappa shape index (κ2) is 7.16. The van der Waals surface area contributed by atoms with Crippen molar-refractivity contribution >= 4 is 11.6 Å². The zero-order valence-corrected chi connectivity index (χ0v) is 13.0. The molecule has 1 heterocycles. The minimum absolute atomic E-state index is 0.0470. The van der Waals surface area contributed by atoms with Crippen molar-refractivity contribution in [3.63, 3.8) is 0 Å². The summed E-state index contributed by atoms with van der Waals surface area (Å²) in [6.45, 7) is 0.0573. The van der Waals surface area contributed by atoms with Crippen molar-refractivity contribution < 1.29 is 27.6 Å². The van der Waals surface area contributed by atoms with Gasteiger partial charge in [-0.25, -0.2) is 0 Å². The number of hydrogen-bond acceptors (Lipinski definition) is 4. The Hall–Kier alpha value is -2.16. The number of hydrogen-bond donors (Lipinski definition) is 0. The van der Waals surface area contributed by atoms with Crippen molar-refractivity contribution in [3.8, 4) is 0 Å². The van der Waals surface area contributed by atoms with Gasteiger partial charge in [0, 0.05) is 18.2 Å². The van der Waals surface area contributed by atoms with E-state index in [1.807, 2.05) is 0 Å². The summed E-state index contributed by atoms with van der Waals surface area (Å²) in [5.74, 6) is -0.991. The van der Waals surface area contributed by atoms with E-state index in [0.29, 0.717) is 17.9 Å². The Morgan fingerprint density at radius 3 is 2.62 bits per heavy atom. The van der Waals surface area contributed by atoms with E-state index in [1.165, 1.54) is 24.3 Å². The number of benzene rings is 1. The van der Waals surface area contributed by atoms with E-state index < -0.39 is 36.2 Å². The Morgan fingerprint density at radius 1 is 1.42 bits per heavy atom. The maximum atomic E-state index is 12.8. The van der Waals surface area contributed by atoms with Crippen LogP contribution in [0.1, 0.15) is 18.9 Å². The largest absolute Gasteiger partial charge is 0.406 e. The third-order valence-electron chi connectivity index (χ3n) is 3.86. The molecule has 9 heteroatoms. The zero-order chi connectivity index (χ0) is 17.9. The Bertz CT molecular complexity index is 621. The first-order chi connectivity index (χ1) is 11.2. The van der Waals surface area contributed by atoms with Crippen molar-refractivity contribution in [2.75, 3.05) is 13.2 Å². The minimum atomic E-state index is -4.61. The Kier molecular flexibility index (Phi) is 5.43. The molecule has 1 saturated heterocycles. The number of nitro benzene ring substituents is 1. The van der Waals surface area contributed by atoms with E-state index in [0.717, 1.165) is 0 Å². The number of halogens is 3. The fourth-order valence-corrected chi connectivity index (χ4v) is 2.65. The number of nitro groups is 1. The van der Waals surface area contributed by atoms with E-state index in [1.54, 1.807) is 6.92 Å². The highest BCUT2D eigenvalue weighted by atomic mass is 19.4. The van der Waals surface area contributed by atoms with Crippen LogP contribution in [0.25, 0.3) is 0 Å². The van der Waals surface area contributed by atoms with Crippen LogP contribution < -0.4 is 0 Å². The minimum Gasteiger partial charge on any atom is -0.368 e. The van der Waals surface area contributed by atoms with Gasteiger partial charge in [0.05, 0.1) is 11.5 Å². The molecule has 2 rings (SSSR count). The molecular weight excluding hydrogens is 329 g/mol. The van der Waals surface area contributed by atoms with Crippen LogP contribution in [-0.2, 0) is 16.1 Å². The number of nitrogens with zero attached hydrogens (tertiary/aromatic N) is 2. The van der Waals surface area contributed by atoms with Crippen LogP contribution in [0.2, 0.25) is 0 Å². The molecule has 0 aromatic heterocycles. The predicted molar refractivity (Wildman–Crippen MR) is 78.1 cm³/mol. The van der Waals surface area contributed by atoms with Gasteiger partial charge in [-0.05, 0) is 12.3 Å². The van der Waals surface area contributed by atoms with Gasteiger partial charge in [0.1, 0.15) is 12.6 Å². The van der Waals surface area contributed by atoms with Crippen LogP contribution in [0.5, 0.6) is 0 Å². The molecule has 1 aliphatic rings. The quantitative estimate of drug-likeness (QED) is 0.607. The Morgan fingerprint density at radius 2 is 2.08 bits per heavy atom. The molecule has 1 amide bonds. The lowest BCUT2D eigenvalue weighted by Crippen LogP contribution is -2.45. The number of carbonyl (C=O) groups is 1. The van der Waals surface area contributed by atoms with Crippen LogP contribution in [-0.4, -0.2) is 41.2 Å². The normalized spacial score (nSPS) is 20.8. The molecule has 0 N–H and O–H groups in total. The molecule has 132 valence electrons. The average molecular weight is 346 g/mol. The van der Waals surface area contributed by atoms with Crippen LogP contribution in [0.3, 0.4) is 0 Å². The van der Waals surface area contributed by atoms with Gasteiger partial charge in [0.25, 0.3) is 11.6 Å². The van der Waals surface area contributed by atoms with Crippen LogP contribution in [0, 0.1) is 16.0 Å². The van der Waals surface area contributed by atoms with Gasteiger partial charge in [-0.3, -0.25) is 14.9 Å². The highest BCUT2D eigenvalue weighted by Gasteiger charge is 2.39. The number of rotatable bonds is 5. The SMILES string of the molecule is C[C@H]1CCO[C@@H]1C(=O)N(Cc1ccccc1[N+](=O)[O-])CC(F)(F)F. The number of ether oxygens (including phenoxy) is 1. The predicted octanol–water partition coefficient (Wildman–Crippen LogP) is 2.91. The molecule has 0 spiro atoms. The molecule has 0 aliphatic carbocycles. The maximum Gasteiger partial charge on any atom is 0.406 e. The monoisotopic (exact) mass is 346 g/mol. The first-order valence-corrected chi connectivity index (χ1v) is 7.38. The highest BCUT2D eigenvalue weighted by Crippen LogP contribution is 2.27. The number of carbonyl (C=O) groups excluding carboxylic acids is 1. The average Bonchev–Trinajstić information content (AvgIpc) is 2.91. The second-order valence-electron chi connectivity index (χ2n) is 5.75. The van der Waals surface area contributed by atoms with Crippen molar-refractivity contribution in [2.24, 2.45) is 5.92 Å². The molecule has 2 atom stereocenters. The van der Waals surface area contributed by atoms with Crippen molar-refractivity contribution in [3.05, 3.63) is 39.9 Å². The zero-order valence-electron chi connectivity index (χ0n) is 13.0. The van der Waals surface area contributed by atoms with Crippen LogP contribution in [0.15, 0.2) is 24.3 Å². The third kappa shape index (κ3) is 4.44. The lowest BCUT2D eigenvalue weighted by atomic mass is 10.0. The van der Waals surface area contributed by atoms with E-state index in [9.17, 15) is 28.1 Å². The standard InChI is InChI=1S/C15H17F3N2O4/c1-10-6-7-24-13(10)14(21)19(9-15(16,17)18)8-11-4-2-3-5-12(11)20(22)23/h2-5,10,13H,6-9H2,1H3/t10-,13-/m0/s1. The molecule has 1 aliphatic heterocycles. The van der Waals surface area contributed by atoms with Gasteiger partial charge < -0.3 is 9.64 Å². The summed E-state index contributed by atoms with van der Waals surface area (Å²) in [4.78, 5) is 23.4. The van der Waals surface area contributed by atoms with E-state index in [-0.39, 0.29) is 17.2 Å². The topological polar surface area (TPSA) is 72.7 Å². The number of amides is 1. The molecular formula is C15H17F3N2O4. The second-order valence-corrected chi connectivity index (χ2v) is 5.75. The Balaban J connectivity index is 2.27. The molecule has 0 unspecified atom stereocenters. The molecule has 1 aromatic rings. The van der Waals surface area contributed by atoms with Gasteiger partial charge >= 0.3 is 6.18 Å². The molecule has 0 bridgehead atoms. The Labute approximate surface area is 136 Å². The fraction of sp³-hybridized carbons (Fsp3) is 0.533. The molecule has 6 nitrogen and oxygen atoms in total. The highest BCUT2D eigenvalue weighted by molar-refractivity contribution is 5.81. The van der Waals surface area contributed by atoms with Gasteiger partial charge in [-0.2, -0.15) is 13.2 Å². The third-order valence-corrected chi connectivity index (χ3v) is 3.86. The summed E-state index contributed by atoms with van der Waals surface area (Å²) in [5, 5.41) is 11.0. The first-order valence-electron chi connectivity index (χ1n) is 7.38. The molecule has 0 saturated carbocycles. The summed E-state index contributed by atoms with van der Waals surface area (Å²) in [7, 11) is 0. The smallest absolute Gasteiger partial charge is 0.368 e. The van der Waals surface area contributed by atoms with Crippen molar-refractivity contribution in [1.29, 1.82) is 0 Å². The van der Waals surface area contributed by atoms with Crippen LogP contribution >= 0.6 is 0 Å². The van der Waals surface area contributed by atoms with E-state index in [2.05, 4.69) is 0 Å². The summed E-state index contributed by atoms with van der Waals surface area (Å²) in [6, 6.07) is 5.43. The van der Waals surface area contributed by atoms with Gasteiger partial charge in [0.15, 0.2) is 0 Å². The lowest BCUT2D eigenvalue weighted by molar-refractivity contribution is -0.385. The molecule has 1 aromatic carbocycles. The van der Waals surface area contributed by atoms with Crippen molar-refractivity contribution in [1.82, 2.24) is 4.90 Å².